The van der Waals surface area contributed by atoms with Gasteiger partial charge in [-0.1, -0.05) is 60.7 Å². The summed E-state index contributed by atoms with van der Waals surface area (Å²) in [6.07, 6.45) is 4.17. The molecule has 1 N–H and O–H groups in total. The second kappa shape index (κ2) is 8.78. The molecule has 3 rings (SSSR count). The third-order valence-corrected chi connectivity index (χ3v) is 5.33. The van der Waals surface area contributed by atoms with E-state index in [2.05, 4.69) is 12.2 Å². The minimum absolute atomic E-state index is 0.267. The minimum atomic E-state index is -0.444. The van der Waals surface area contributed by atoms with Gasteiger partial charge < -0.3 is 9.88 Å². The number of rotatable bonds is 6. The summed E-state index contributed by atoms with van der Waals surface area (Å²) in [5.41, 5.74) is 1.17. The van der Waals surface area contributed by atoms with Crippen molar-refractivity contribution in [2.45, 2.75) is 12.3 Å². The zero-order valence-corrected chi connectivity index (χ0v) is 17.3. The zero-order chi connectivity index (χ0) is 21.7. The molecule has 0 atom stereocenters. The summed E-state index contributed by atoms with van der Waals surface area (Å²) in [6, 6.07) is 20.0. The number of amides is 1. The Kier molecular flexibility index (Phi) is 6.16. The molecule has 3 aromatic rings. The van der Waals surface area contributed by atoms with Gasteiger partial charge in [-0.2, -0.15) is 0 Å². The first-order valence-electron chi connectivity index (χ1n) is 9.66. The van der Waals surface area contributed by atoms with E-state index in [9.17, 15) is 14.4 Å². The topological polar surface area (TPSA) is 73.1 Å². The summed E-state index contributed by atoms with van der Waals surface area (Å²) in [7, 11) is 2.97. The first kappa shape index (κ1) is 21.0. The Bertz CT molecular complexity index is 1140. The summed E-state index contributed by atoms with van der Waals surface area (Å²) in [4.78, 5) is 36.5. The van der Waals surface area contributed by atoms with Crippen LogP contribution in [-0.2, 0) is 24.3 Å². The van der Waals surface area contributed by atoms with Crippen molar-refractivity contribution in [3.05, 3.63) is 110 Å². The molecular weight excluding hydrogens is 378 g/mol. The molecule has 0 unspecified atom stereocenters. The van der Waals surface area contributed by atoms with Crippen LogP contribution in [-0.4, -0.2) is 21.6 Å². The first-order valence-corrected chi connectivity index (χ1v) is 9.66. The highest BCUT2D eigenvalue weighted by molar-refractivity contribution is 5.91. The molecular formula is C24H25N3O3. The number of benzene rings is 2. The van der Waals surface area contributed by atoms with E-state index in [4.69, 9.17) is 0 Å². The van der Waals surface area contributed by atoms with Gasteiger partial charge in [-0.3, -0.25) is 14.2 Å². The van der Waals surface area contributed by atoms with Gasteiger partial charge in [0.1, 0.15) is 0 Å². The van der Waals surface area contributed by atoms with Gasteiger partial charge in [0.05, 0.1) is 5.56 Å². The molecule has 0 aliphatic rings. The van der Waals surface area contributed by atoms with E-state index in [1.807, 2.05) is 60.7 Å². The third-order valence-electron chi connectivity index (χ3n) is 5.33. The van der Waals surface area contributed by atoms with E-state index in [-0.39, 0.29) is 11.5 Å². The maximum atomic E-state index is 12.5. The second-order valence-electron chi connectivity index (χ2n) is 7.46. The van der Waals surface area contributed by atoms with Crippen molar-refractivity contribution in [3.8, 4) is 0 Å². The number of nitrogens with one attached hydrogen (secondary N) is 1. The maximum Gasteiger partial charge on any atom is 0.330 e. The molecule has 6 heteroatoms. The highest BCUT2D eigenvalue weighted by Gasteiger charge is 2.29. The van der Waals surface area contributed by atoms with Crippen LogP contribution in [0.5, 0.6) is 0 Å². The average Bonchev–Trinajstić information content (AvgIpc) is 2.78. The van der Waals surface area contributed by atoms with Crippen LogP contribution in [0, 0.1) is 0 Å². The van der Waals surface area contributed by atoms with Crippen LogP contribution in [0.2, 0.25) is 0 Å². The number of aromatic nitrogens is 2. The van der Waals surface area contributed by atoms with Crippen molar-refractivity contribution in [1.29, 1.82) is 0 Å². The standard InChI is InChI=1S/C24H25N3O3/c1-24(19-10-6-4-7-11-19,20-12-8-5-9-13-20)17-25-21(28)15-14-18-16-26(2)23(30)27(3)22(18)29/h4-16H,17H2,1-3H3,(H,25,28)/b15-14+. The first-order chi connectivity index (χ1) is 14.3. The molecule has 0 bridgehead atoms. The highest BCUT2D eigenvalue weighted by Crippen LogP contribution is 2.31. The molecule has 0 aliphatic carbocycles. The van der Waals surface area contributed by atoms with Crippen molar-refractivity contribution in [2.24, 2.45) is 14.1 Å². The fraction of sp³-hybridized carbons (Fsp3) is 0.208. The Morgan fingerprint density at radius 1 is 0.967 bits per heavy atom. The highest BCUT2D eigenvalue weighted by atomic mass is 16.2. The maximum absolute atomic E-state index is 12.5. The van der Waals surface area contributed by atoms with Gasteiger partial charge in [-0.05, 0) is 24.1 Å². The number of hydrogen-bond donors (Lipinski definition) is 1. The van der Waals surface area contributed by atoms with Crippen LogP contribution < -0.4 is 16.6 Å². The lowest BCUT2D eigenvalue weighted by Gasteiger charge is -2.31. The van der Waals surface area contributed by atoms with Gasteiger partial charge in [-0.25, -0.2) is 4.79 Å². The van der Waals surface area contributed by atoms with Gasteiger partial charge in [0.2, 0.25) is 5.91 Å². The van der Waals surface area contributed by atoms with Gasteiger partial charge >= 0.3 is 5.69 Å². The van der Waals surface area contributed by atoms with Crippen molar-refractivity contribution in [3.63, 3.8) is 0 Å². The number of aryl methyl sites for hydroxylation is 1. The van der Waals surface area contributed by atoms with E-state index < -0.39 is 16.7 Å². The second-order valence-corrected chi connectivity index (χ2v) is 7.46. The van der Waals surface area contributed by atoms with Gasteiger partial charge in [0, 0.05) is 38.3 Å². The van der Waals surface area contributed by atoms with E-state index in [0.29, 0.717) is 6.54 Å². The fourth-order valence-electron chi connectivity index (χ4n) is 3.42. The zero-order valence-electron chi connectivity index (χ0n) is 17.3. The molecule has 0 fully saturated rings. The van der Waals surface area contributed by atoms with Crippen LogP contribution in [0.15, 0.2) is 82.5 Å². The molecule has 1 heterocycles. The average molecular weight is 403 g/mol. The number of nitrogens with zero attached hydrogens (tertiary/aromatic N) is 2. The largest absolute Gasteiger partial charge is 0.351 e. The molecule has 30 heavy (non-hydrogen) atoms. The predicted octanol–water partition coefficient (Wildman–Crippen LogP) is 2.22. The lowest BCUT2D eigenvalue weighted by atomic mass is 9.76. The Hall–Kier alpha value is -3.67. The predicted molar refractivity (Wildman–Crippen MR) is 118 cm³/mol. The number of carbonyl (C=O) groups is 1. The van der Waals surface area contributed by atoms with Gasteiger partial charge in [-0.15, -0.1) is 0 Å². The molecule has 0 aliphatic heterocycles. The molecule has 1 aromatic heterocycles. The molecule has 2 aromatic carbocycles. The summed E-state index contributed by atoms with van der Waals surface area (Å²) in [6.45, 7) is 2.47. The van der Waals surface area contributed by atoms with Crippen molar-refractivity contribution in [2.75, 3.05) is 6.54 Å². The van der Waals surface area contributed by atoms with Crippen molar-refractivity contribution in [1.82, 2.24) is 14.5 Å². The van der Waals surface area contributed by atoms with Crippen LogP contribution in [0.1, 0.15) is 23.6 Å². The molecule has 6 nitrogen and oxygen atoms in total. The van der Waals surface area contributed by atoms with E-state index in [1.165, 1.54) is 30.0 Å². The van der Waals surface area contributed by atoms with Crippen molar-refractivity contribution < 1.29 is 4.79 Å². The van der Waals surface area contributed by atoms with Crippen molar-refractivity contribution >= 4 is 12.0 Å². The fourth-order valence-corrected chi connectivity index (χ4v) is 3.42. The Morgan fingerprint density at radius 2 is 1.50 bits per heavy atom. The number of carbonyl (C=O) groups excluding carboxylic acids is 1. The molecule has 0 saturated carbocycles. The summed E-state index contributed by atoms with van der Waals surface area (Å²) < 4.78 is 2.32. The monoisotopic (exact) mass is 403 g/mol. The van der Waals surface area contributed by atoms with Crippen LogP contribution in [0.25, 0.3) is 6.08 Å². The number of hydrogen-bond acceptors (Lipinski definition) is 3. The van der Waals surface area contributed by atoms with E-state index in [1.54, 1.807) is 7.05 Å². The molecule has 0 radical (unpaired) electrons. The Labute approximate surface area is 175 Å². The van der Waals surface area contributed by atoms with E-state index >= 15 is 0 Å². The molecule has 0 saturated heterocycles. The third kappa shape index (κ3) is 4.33. The Morgan fingerprint density at radius 3 is 2.03 bits per heavy atom. The summed E-state index contributed by atoms with van der Waals surface area (Å²) in [5, 5.41) is 2.95. The quantitative estimate of drug-likeness (QED) is 0.642. The minimum Gasteiger partial charge on any atom is -0.351 e. The van der Waals surface area contributed by atoms with Crippen LogP contribution in [0.3, 0.4) is 0 Å². The normalized spacial score (nSPS) is 11.6. The summed E-state index contributed by atoms with van der Waals surface area (Å²) in [5.74, 6) is -0.316. The Balaban J connectivity index is 1.82. The molecule has 154 valence electrons. The molecule has 1 amide bonds. The van der Waals surface area contributed by atoms with Gasteiger partial charge in [0.25, 0.3) is 5.56 Å². The van der Waals surface area contributed by atoms with E-state index in [0.717, 1.165) is 15.7 Å². The van der Waals surface area contributed by atoms with Crippen LogP contribution >= 0.6 is 0 Å². The SMILES string of the molecule is Cn1cc(/C=C/C(=O)NCC(C)(c2ccccc2)c2ccccc2)c(=O)n(C)c1=O. The van der Waals surface area contributed by atoms with Gasteiger partial charge in [0.15, 0.2) is 0 Å². The molecule has 0 spiro atoms. The lowest BCUT2D eigenvalue weighted by Crippen LogP contribution is -2.39. The summed E-state index contributed by atoms with van der Waals surface area (Å²) >= 11 is 0. The smallest absolute Gasteiger partial charge is 0.330 e. The van der Waals surface area contributed by atoms with Crippen LogP contribution in [0.4, 0.5) is 0 Å². The lowest BCUT2D eigenvalue weighted by molar-refractivity contribution is -0.116.